The molecule has 0 saturated carbocycles. The number of rotatable bonds is 3. The van der Waals surface area contributed by atoms with Gasteiger partial charge in [-0.3, -0.25) is 0 Å². The van der Waals surface area contributed by atoms with Gasteiger partial charge in [-0.2, -0.15) is 8.78 Å². The van der Waals surface area contributed by atoms with Gasteiger partial charge in [0.25, 0.3) is 5.76 Å². The van der Waals surface area contributed by atoms with Crippen molar-refractivity contribution in [3.63, 3.8) is 0 Å². The second kappa shape index (κ2) is 4.94. The van der Waals surface area contributed by atoms with Gasteiger partial charge in [0.1, 0.15) is 0 Å². The lowest BCUT2D eigenvalue weighted by atomic mass is 10.4. The number of benzene rings is 1. The van der Waals surface area contributed by atoms with Crippen molar-refractivity contribution in [2.24, 2.45) is 0 Å². The minimum absolute atomic E-state index is 0.530. The molecule has 0 aliphatic rings. The van der Waals surface area contributed by atoms with Crippen molar-refractivity contribution < 1.29 is 8.78 Å². The Kier molecular flexibility index (Phi) is 4.18. The first-order valence-electron chi connectivity index (χ1n) is 3.05. The molecule has 0 heterocycles. The van der Waals surface area contributed by atoms with Crippen LogP contribution in [0.3, 0.4) is 0 Å². The zero-order valence-corrected chi connectivity index (χ0v) is 8.23. The van der Waals surface area contributed by atoms with Crippen LogP contribution in [0.15, 0.2) is 29.2 Å². The minimum Gasteiger partial charge on any atom is -0.197 e. The molecule has 12 heavy (non-hydrogen) atoms. The van der Waals surface area contributed by atoms with Crippen LogP contribution in [0.2, 0.25) is 5.02 Å². The van der Waals surface area contributed by atoms with E-state index in [0.29, 0.717) is 15.8 Å². The molecule has 0 atom stereocenters. The molecule has 1 aromatic rings. The van der Waals surface area contributed by atoms with Crippen molar-refractivity contribution >= 4 is 33.2 Å². The first-order valence-corrected chi connectivity index (χ1v) is 5.64. The second-order valence-electron chi connectivity index (χ2n) is 1.89. The van der Waals surface area contributed by atoms with Crippen molar-refractivity contribution in [2.75, 3.05) is 0 Å². The van der Waals surface area contributed by atoms with Gasteiger partial charge in [0.2, 0.25) is 0 Å². The monoisotopic (exact) mass is 226 g/mol. The molecule has 0 N–H and O–H groups in total. The molecule has 0 spiro atoms. The van der Waals surface area contributed by atoms with Crippen LogP contribution in [0.25, 0.3) is 0 Å². The van der Waals surface area contributed by atoms with Crippen LogP contribution in [0.5, 0.6) is 0 Å². The SMILES string of the molecule is FC(F)SSc1ccc(Cl)cc1. The van der Waals surface area contributed by atoms with Gasteiger partial charge >= 0.3 is 0 Å². The summed E-state index contributed by atoms with van der Waals surface area (Å²) in [6.07, 6.45) is 0. The molecule has 5 heteroatoms. The van der Waals surface area contributed by atoms with Crippen LogP contribution < -0.4 is 0 Å². The van der Waals surface area contributed by atoms with Gasteiger partial charge in [-0.1, -0.05) is 22.4 Å². The van der Waals surface area contributed by atoms with E-state index in [4.69, 9.17) is 11.6 Å². The van der Waals surface area contributed by atoms with Crippen LogP contribution >= 0.6 is 33.2 Å². The molecular weight excluding hydrogens is 222 g/mol. The maximum Gasteiger partial charge on any atom is 0.294 e. The van der Waals surface area contributed by atoms with E-state index in [1.54, 1.807) is 24.3 Å². The zero-order valence-electron chi connectivity index (χ0n) is 5.84. The van der Waals surface area contributed by atoms with Gasteiger partial charge in [0, 0.05) is 9.92 Å². The summed E-state index contributed by atoms with van der Waals surface area (Å²) in [7, 11) is 1.58. The predicted octanol–water partition coefficient (Wildman–Crippen LogP) is 4.30. The van der Waals surface area contributed by atoms with Crippen molar-refractivity contribution in [1.29, 1.82) is 0 Å². The molecular formula is C7H5ClF2S2. The summed E-state index contributed by atoms with van der Waals surface area (Å²) >= 11 is 5.61. The number of halogens is 3. The van der Waals surface area contributed by atoms with E-state index in [-0.39, 0.29) is 0 Å². The van der Waals surface area contributed by atoms with Crippen molar-refractivity contribution in [3.8, 4) is 0 Å². The van der Waals surface area contributed by atoms with E-state index in [0.717, 1.165) is 15.7 Å². The first kappa shape index (κ1) is 10.2. The number of hydrogen-bond donors (Lipinski definition) is 0. The molecule has 0 radical (unpaired) electrons. The molecule has 0 fully saturated rings. The molecule has 0 aliphatic carbocycles. The molecule has 0 aromatic heterocycles. The fourth-order valence-electron chi connectivity index (χ4n) is 0.582. The molecule has 1 aromatic carbocycles. The normalized spacial score (nSPS) is 10.7. The molecule has 0 amide bonds. The average molecular weight is 227 g/mol. The Balaban J connectivity index is 2.48. The lowest BCUT2D eigenvalue weighted by Crippen LogP contribution is -1.75. The smallest absolute Gasteiger partial charge is 0.197 e. The Morgan fingerprint density at radius 3 is 2.25 bits per heavy atom. The van der Waals surface area contributed by atoms with Crippen LogP contribution in [0.4, 0.5) is 8.78 Å². The quantitative estimate of drug-likeness (QED) is 0.705. The lowest BCUT2D eigenvalue weighted by Gasteiger charge is -1.98. The third-order valence-corrected chi connectivity index (χ3v) is 3.29. The third-order valence-electron chi connectivity index (χ3n) is 1.03. The summed E-state index contributed by atoms with van der Waals surface area (Å²) in [6.45, 7) is 0. The van der Waals surface area contributed by atoms with Crippen LogP contribution in [0.1, 0.15) is 0 Å². The van der Waals surface area contributed by atoms with Crippen molar-refractivity contribution in [2.45, 2.75) is 10.7 Å². The van der Waals surface area contributed by atoms with Gasteiger partial charge in [-0.25, -0.2) is 0 Å². The molecule has 0 bridgehead atoms. The predicted molar refractivity (Wildman–Crippen MR) is 50.9 cm³/mol. The summed E-state index contributed by atoms with van der Waals surface area (Å²) < 4.78 is 23.4. The number of hydrogen-bond acceptors (Lipinski definition) is 2. The van der Waals surface area contributed by atoms with E-state index < -0.39 is 5.76 Å². The highest BCUT2D eigenvalue weighted by molar-refractivity contribution is 8.76. The Morgan fingerprint density at radius 2 is 1.75 bits per heavy atom. The summed E-state index contributed by atoms with van der Waals surface area (Å²) in [6, 6.07) is 6.77. The molecule has 0 aliphatic heterocycles. The molecule has 66 valence electrons. The Labute approximate surface area is 82.1 Å². The van der Waals surface area contributed by atoms with Crippen LogP contribution in [-0.4, -0.2) is 5.76 Å². The molecule has 1 rings (SSSR count). The second-order valence-corrected chi connectivity index (χ2v) is 4.59. The van der Waals surface area contributed by atoms with Gasteiger partial charge in [-0.05, 0) is 35.1 Å². The van der Waals surface area contributed by atoms with Crippen LogP contribution in [-0.2, 0) is 0 Å². The summed E-state index contributed by atoms with van der Waals surface area (Å²) in [4.78, 5) is 0.782. The van der Waals surface area contributed by atoms with E-state index in [2.05, 4.69) is 0 Å². The average Bonchev–Trinajstić information content (AvgIpc) is 2.03. The van der Waals surface area contributed by atoms with E-state index >= 15 is 0 Å². The standard InChI is InChI=1S/C7H5ClF2S2/c8-5-1-3-6(4-2-5)11-12-7(9)10/h1-4,7H. The molecule has 0 unspecified atom stereocenters. The van der Waals surface area contributed by atoms with Gasteiger partial charge in [0.05, 0.1) is 0 Å². The largest absolute Gasteiger partial charge is 0.294 e. The van der Waals surface area contributed by atoms with Crippen molar-refractivity contribution in [1.82, 2.24) is 0 Å². The minimum atomic E-state index is -2.34. The third kappa shape index (κ3) is 3.65. The van der Waals surface area contributed by atoms with Crippen molar-refractivity contribution in [3.05, 3.63) is 29.3 Å². The fraction of sp³-hybridized carbons (Fsp3) is 0.143. The highest BCUT2D eigenvalue weighted by atomic mass is 35.5. The first-order chi connectivity index (χ1) is 5.68. The van der Waals surface area contributed by atoms with E-state index in [1.165, 1.54) is 0 Å². The topological polar surface area (TPSA) is 0 Å². The Morgan fingerprint density at radius 1 is 1.17 bits per heavy atom. The van der Waals surface area contributed by atoms with E-state index in [9.17, 15) is 8.78 Å². The zero-order chi connectivity index (χ0) is 8.97. The van der Waals surface area contributed by atoms with Gasteiger partial charge in [-0.15, -0.1) is 0 Å². The summed E-state index contributed by atoms with van der Waals surface area (Å²) in [5.74, 6) is -2.34. The maximum atomic E-state index is 11.7. The Hall–Kier alpha value is 0.0700. The summed E-state index contributed by atoms with van der Waals surface area (Å²) in [5.41, 5.74) is 0. The van der Waals surface area contributed by atoms with Crippen LogP contribution in [0, 0.1) is 0 Å². The van der Waals surface area contributed by atoms with Gasteiger partial charge in [0.15, 0.2) is 0 Å². The highest BCUT2D eigenvalue weighted by Crippen LogP contribution is 2.35. The lowest BCUT2D eigenvalue weighted by molar-refractivity contribution is 0.254. The Bertz CT molecular complexity index is 238. The number of alkyl halides is 2. The van der Waals surface area contributed by atoms with Gasteiger partial charge < -0.3 is 0 Å². The molecule has 0 saturated heterocycles. The fourth-order valence-corrected chi connectivity index (χ4v) is 2.02. The highest BCUT2D eigenvalue weighted by Gasteiger charge is 2.03. The maximum absolute atomic E-state index is 11.7. The van der Waals surface area contributed by atoms with E-state index in [1.807, 2.05) is 0 Å². The summed E-state index contributed by atoms with van der Waals surface area (Å²) in [5, 5.41) is 0.612. The molecule has 0 nitrogen and oxygen atoms in total.